The molecule has 4 heteroatoms. The Kier molecular flexibility index (Phi) is 3.09. The predicted octanol–water partition coefficient (Wildman–Crippen LogP) is 3.65. The minimum Gasteiger partial charge on any atom is -0.465 e. The quantitative estimate of drug-likeness (QED) is 0.781. The average Bonchev–Trinajstić information content (AvgIpc) is 3.02. The zero-order valence-corrected chi connectivity index (χ0v) is 11.1. The van der Waals surface area contributed by atoms with Crippen molar-refractivity contribution in [3.63, 3.8) is 0 Å². The molecule has 3 rings (SSSR count). The number of nitrogens with zero attached hydrogens (tertiary/aromatic N) is 1. The fourth-order valence-corrected chi connectivity index (χ4v) is 2.52. The number of thioether (sulfide) groups is 1. The summed E-state index contributed by atoms with van der Waals surface area (Å²) in [5.74, 6) is 0.637. The lowest BCUT2D eigenvalue weighted by atomic mass is 10.2. The lowest BCUT2D eigenvalue weighted by molar-refractivity contribution is -0.107. The van der Waals surface area contributed by atoms with Crippen LogP contribution in [0.15, 0.2) is 57.8 Å². The van der Waals surface area contributed by atoms with Crippen LogP contribution in [-0.4, -0.2) is 10.2 Å². The van der Waals surface area contributed by atoms with Gasteiger partial charge in [0.15, 0.2) is 0 Å². The Hall–Kier alpha value is -2.07. The van der Waals surface area contributed by atoms with Crippen LogP contribution < -0.4 is 0 Å². The first-order valence-electron chi connectivity index (χ1n) is 5.85. The van der Waals surface area contributed by atoms with Gasteiger partial charge in [0.1, 0.15) is 16.5 Å². The molecular formula is C15H11NO2S. The lowest BCUT2D eigenvalue weighted by Crippen LogP contribution is -1.92. The van der Waals surface area contributed by atoms with Gasteiger partial charge >= 0.3 is 0 Å². The van der Waals surface area contributed by atoms with Crippen molar-refractivity contribution in [1.29, 1.82) is 0 Å². The molecule has 19 heavy (non-hydrogen) atoms. The zero-order chi connectivity index (χ0) is 13.2. The number of benzene rings is 1. The first-order chi connectivity index (χ1) is 9.22. The van der Waals surface area contributed by atoms with Gasteiger partial charge in [-0.2, -0.15) is 0 Å². The normalized spacial score (nSPS) is 17.0. The van der Waals surface area contributed by atoms with Crippen molar-refractivity contribution in [2.24, 2.45) is 4.99 Å². The second-order valence-corrected chi connectivity index (χ2v) is 5.18. The first kappa shape index (κ1) is 12.0. The molecule has 0 bridgehead atoms. The van der Waals surface area contributed by atoms with Crippen LogP contribution in [-0.2, 0) is 4.79 Å². The van der Waals surface area contributed by atoms with E-state index in [-0.39, 0.29) is 5.12 Å². The number of carbonyl (C=O) groups is 1. The maximum absolute atomic E-state index is 11.9. The van der Waals surface area contributed by atoms with Crippen molar-refractivity contribution in [3.8, 4) is 0 Å². The fourth-order valence-electron chi connectivity index (χ4n) is 1.74. The Balaban J connectivity index is 1.93. The topological polar surface area (TPSA) is 42.6 Å². The third-order valence-corrected chi connectivity index (χ3v) is 3.66. The molecule has 0 saturated heterocycles. The number of aryl methyl sites for hydroxylation is 1. The average molecular weight is 269 g/mol. The summed E-state index contributed by atoms with van der Waals surface area (Å²) in [4.78, 5) is 16.3. The van der Waals surface area contributed by atoms with E-state index < -0.39 is 0 Å². The van der Waals surface area contributed by atoms with Crippen molar-refractivity contribution in [3.05, 3.63) is 65.2 Å². The molecule has 0 unspecified atom stereocenters. The van der Waals surface area contributed by atoms with E-state index in [2.05, 4.69) is 4.99 Å². The molecule has 1 aromatic heterocycles. The molecular weight excluding hydrogens is 258 g/mol. The van der Waals surface area contributed by atoms with Crippen molar-refractivity contribution in [1.82, 2.24) is 0 Å². The third-order valence-electron chi connectivity index (χ3n) is 2.74. The highest BCUT2D eigenvalue weighted by Gasteiger charge is 2.23. The second kappa shape index (κ2) is 4.90. The van der Waals surface area contributed by atoms with Crippen molar-refractivity contribution < 1.29 is 9.21 Å². The van der Waals surface area contributed by atoms with Gasteiger partial charge in [-0.1, -0.05) is 29.8 Å². The van der Waals surface area contributed by atoms with Crippen LogP contribution in [0.4, 0.5) is 0 Å². The van der Waals surface area contributed by atoms with Crippen LogP contribution in [0.3, 0.4) is 0 Å². The van der Waals surface area contributed by atoms with Crippen molar-refractivity contribution >= 4 is 28.0 Å². The Morgan fingerprint density at radius 3 is 2.68 bits per heavy atom. The van der Waals surface area contributed by atoms with Gasteiger partial charge in [-0.25, -0.2) is 4.99 Å². The largest absolute Gasteiger partial charge is 0.465 e. The Morgan fingerprint density at radius 1 is 1.21 bits per heavy atom. The second-order valence-electron chi connectivity index (χ2n) is 4.22. The van der Waals surface area contributed by atoms with E-state index in [0.717, 1.165) is 22.4 Å². The van der Waals surface area contributed by atoms with Gasteiger partial charge in [0.05, 0.1) is 6.26 Å². The van der Waals surface area contributed by atoms with Crippen molar-refractivity contribution in [2.75, 3.05) is 0 Å². The fraction of sp³-hybridized carbons (Fsp3) is 0.0667. The number of aliphatic imine (C=N–C) groups is 1. The number of hydrogen-bond acceptors (Lipinski definition) is 4. The monoisotopic (exact) mass is 269 g/mol. The van der Waals surface area contributed by atoms with Gasteiger partial charge in [0.2, 0.25) is 5.12 Å². The standard InChI is InChI=1S/C15H11NO2S/c1-10-4-6-11(7-5-10)14-16-13(15(17)19-14)9-12-3-2-8-18-12/h2-9H,1H3/b13-9-. The van der Waals surface area contributed by atoms with E-state index in [1.807, 2.05) is 31.2 Å². The van der Waals surface area contributed by atoms with E-state index >= 15 is 0 Å². The molecule has 1 aliphatic heterocycles. The van der Waals surface area contributed by atoms with Crippen LogP contribution >= 0.6 is 11.8 Å². The lowest BCUT2D eigenvalue weighted by Gasteiger charge is -1.98. The van der Waals surface area contributed by atoms with Crippen LogP contribution in [0.1, 0.15) is 16.9 Å². The maximum atomic E-state index is 11.9. The molecule has 94 valence electrons. The van der Waals surface area contributed by atoms with E-state index in [0.29, 0.717) is 11.5 Å². The summed E-state index contributed by atoms with van der Waals surface area (Å²) in [5.41, 5.74) is 2.58. The van der Waals surface area contributed by atoms with E-state index in [4.69, 9.17) is 4.42 Å². The molecule has 0 saturated carbocycles. The number of rotatable bonds is 2. The minimum atomic E-state index is -0.0491. The van der Waals surface area contributed by atoms with Crippen LogP contribution in [0, 0.1) is 6.92 Å². The highest BCUT2D eigenvalue weighted by atomic mass is 32.2. The molecule has 0 spiro atoms. The molecule has 0 atom stereocenters. The van der Waals surface area contributed by atoms with E-state index in [1.54, 1.807) is 24.5 Å². The van der Waals surface area contributed by atoms with Crippen LogP contribution in [0.2, 0.25) is 0 Å². The molecule has 3 nitrogen and oxygen atoms in total. The summed E-state index contributed by atoms with van der Waals surface area (Å²) in [6.45, 7) is 2.03. The van der Waals surface area contributed by atoms with E-state index in [9.17, 15) is 4.79 Å². The van der Waals surface area contributed by atoms with Gasteiger partial charge in [-0.3, -0.25) is 4.79 Å². The Labute approximate surface area is 115 Å². The molecule has 2 heterocycles. The molecule has 1 aliphatic rings. The van der Waals surface area contributed by atoms with Gasteiger partial charge in [-0.15, -0.1) is 0 Å². The van der Waals surface area contributed by atoms with Crippen molar-refractivity contribution in [2.45, 2.75) is 6.92 Å². The summed E-state index contributed by atoms with van der Waals surface area (Å²) in [7, 11) is 0. The highest BCUT2D eigenvalue weighted by molar-refractivity contribution is 8.27. The summed E-state index contributed by atoms with van der Waals surface area (Å²) in [6, 6.07) is 11.6. The molecule has 0 N–H and O–H groups in total. The van der Waals surface area contributed by atoms with Crippen LogP contribution in [0.5, 0.6) is 0 Å². The molecule has 0 fully saturated rings. The molecule has 0 aliphatic carbocycles. The summed E-state index contributed by atoms with van der Waals surface area (Å²) in [6.07, 6.45) is 3.24. The highest BCUT2D eigenvalue weighted by Crippen LogP contribution is 2.29. The zero-order valence-electron chi connectivity index (χ0n) is 10.3. The third kappa shape index (κ3) is 2.53. The number of hydrogen-bond donors (Lipinski definition) is 0. The Bertz CT molecular complexity index is 667. The summed E-state index contributed by atoms with van der Waals surface area (Å²) in [5, 5.41) is 0.690. The molecule has 0 amide bonds. The number of carbonyl (C=O) groups excluding carboxylic acids is 1. The van der Waals surface area contributed by atoms with Gasteiger partial charge in [-0.05, 0) is 30.8 Å². The number of furan rings is 1. The SMILES string of the molecule is Cc1ccc(C2=N/C(=C\c3ccco3)C(=O)S2)cc1. The Morgan fingerprint density at radius 2 is 2.00 bits per heavy atom. The van der Waals surface area contributed by atoms with E-state index in [1.165, 1.54) is 5.56 Å². The maximum Gasteiger partial charge on any atom is 0.244 e. The first-order valence-corrected chi connectivity index (χ1v) is 6.67. The smallest absolute Gasteiger partial charge is 0.244 e. The molecule has 1 aromatic carbocycles. The molecule has 2 aromatic rings. The molecule has 0 radical (unpaired) electrons. The predicted molar refractivity (Wildman–Crippen MR) is 77.0 cm³/mol. The minimum absolute atomic E-state index is 0.0491. The van der Waals surface area contributed by atoms with Gasteiger partial charge < -0.3 is 4.42 Å². The van der Waals surface area contributed by atoms with Crippen LogP contribution in [0.25, 0.3) is 6.08 Å². The van der Waals surface area contributed by atoms with Gasteiger partial charge in [0, 0.05) is 11.6 Å². The summed E-state index contributed by atoms with van der Waals surface area (Å²) < 4.78 is 5.19. The summed E-state index contributed by atoms with van der Waals surface area (Å²) >= 11 is 1.16. The van der Waals surface area contributed by atoms with Gasteiger partial charge in [0.25, 0.3) is 0 Å².